The van der Waals surface area contributed by atoms with Crippen molar-refractivity contribution in [2.45, 2.75) is 56.4 Å². The predicted octanol–water partition coefficient (Wildman–Crippen LogP) is 0.344. The molecule has 1 saturated heterocycles. The minimum Gasteiger partial charge on any atom is -1.00 e. The van der Waals surface area contributed by atoms with Crippen LogP contribution in [0.3, 0.4) is 0 Å². The smallest absolute Gasteiger partial charge is 1.00 e. The van der Waals surface area contributed by atoms with E-state index in [9.17, 15) is 0 Å². The van der Waals surface area contributed by atoms with E-state index in [4.69, 9.17) is 4.74 Å². The second-order valence-corrected chi connectivity index (χ2v) is 4.29. The Morgan fingerprint density at radius 2 is 1.57 bits per heavy atom. The molecule has 0 unspecified atom stereocenters. The molecule has 0 radical (unpaired) electrons. The van der Waals surface area contributed by atoms with Crippen molar-refractivity contribution in [3.63, 3.8) is 0 Å². The van der Waals surface area contributed by atoms with Crippen molar-refractivity contribution in [2.75, 3.05) is 13.2 Å². The molecule has 0 saturated carbocycles. The molecule has 1 nitrogen and oxygen atoms in total. The summed E-state index contributed by atoms with van der Waals surface area (Å²) in [4.78, 5) is 0. The average Bonchev–Trinajstić information content (AvgIpc) is 2.70. The van der Waals surface area contributed by atoms with Gasteiger partial charge in [0.2, 0.25) is 0 Å². The molecule has 1 rings (SSSR count). The first-order valence-corrected chi connectivity index (χ1v) is 6.78. The molecular weight excluding hydrogens is 252 g/mol. The molecule has 0 spiro atoms. The molecule has 0 aromatic carbocycles. The van der Waals surface area contributed by atoms with Crippen molar-refractivity contribution in [1.29, 1.82) is 0 Å². The van der Waals surface area contributed by atoms with Gasteiger partial charge in [0, 0.05) is 13.2 Å². The predicted molar refractivity (Wildman–Crippen MR) is 59.4 cm³/mol. The molecule has 1 aliphatic rings. The molecule has 1 fully saturated rings. The number of unbranched alkanes of at least 4 members (excludes halogenated alkanes) is 4. The van der Waals surface area contributed by atoms with E-state index in [0.717, 1.165) is 13.2 Å². The number of rotatable bonds is 5. The summed E-state index contributed by atoms with van der Waals surface area (Å²) in [6.45, 7) is 4.26. The summed E-state index contributed by atoms with van der Waals surface area (Å²) in [6.07, 6.45) is 9.71. The van der Waals surface area contributed by atoms with E-state index in [0.29, 0.717) is 0 Å². The summed E-state index contributed by atoms with van der Waals surface area (Å²) in [5.74, 6) is 0. The average molecular weight is 276 g/mol. The van der Waals surface area contributed by atoms with Crippen LogP contribution in [0, 0.1) is 0 Å². The molecule has 14 heavy (non-hydrogen) atoms. The fraction of sp³-hybridized carbons (Fsp3) is 1.00. The van der Waals surface area contributed by atoms with Gasteiger partial charge in [-0.25, -0.2) is 0 Å². The van der Waals surface area contributed by atoms with Crippen molar-refractivity contribution in [3.05, 3.63) is 0 Å². The van der Waals surface area contributed by atoms with Crippen molar-refractivity contribution in [2.24, 2.45) is 0 Å². The Balaban J connectivity index is 0. The largest absolute Gasteiger partial charge is 1.00 e. The fourth-order valence-corrected chi connectivity index (χ4v) is 1.64. The zero-order valence-electron chi connectivity index (χ0n) is 9.56. The van der Waals surface area contributed by atoms with Crippen LogP contribution in [0.2, 0.25) is 4.55 Å². The van der Waals surface area contributed by atoms with E-state index in [1.54, 1.807) is 0 Å². The SMILES string of the molecule is C1CCOC1.CCCCCC[CH2][Mg+].[Br-]. The van der Waals surface area contributed by atoms with E-state index in [1.807, 2.05) is 0 Å². The number of ether oxygens (including phenoxy) is 1. The van der Waals surface area contributed by atoms with Gasteiger partial charge >= 0.3 is 65.3 Å². The maximum atomic E-state index is 4.94. The summed E-state index contributed by atoms with van der Waals surface area (Å²) in [7, 11) is 0. The van der Waals surface area contributed by atoms with Crippen LogP contribution in [-0.4, -0.2) is 34.9 Å². The normalized spacial score (nSPS) is 14.2. The van der Waals surface area contributed by atoms with Crippen LogP contribution in [0.25, 0.3) is 0 Å². The molecule has 82 valence electrons. The van der Waals surface area contributed by atoms with Crippen LogP contribution in [0.5, 0.6) is 0 Å². The van der Waals surface area contributed by atoms with Crippen molar-refractivity contribution in [3.8, 4) is 0 Å². The van der Waals surface area contributed by atoms with Gasteiger partial charge in [-0.3, -0.25) is 0 Å². The van der Waals surface area contributed by atoms with Crippen LogP contribution in [0.1, 0.15) is 51.9 Å². The molecule has 0 aliphatic carbocycles. The molecule has 0 bridgehead atoms. The van der Waals surface area contributed by atoms with Gasteiger partial charge < -0.3 is 21.7 Å². The molecule has 0 aromatic heterocycles. The minimum absolute atomic E-state index is 0. The molecule has 1 aliphatic heterocycles. The Hall–Kier alpha value is 1.21. The molecule has 3 heteroatoms. The Labute approximate surface area is 113 Å². The summed E-state index contributed by atoms with van der Waals surface area (Å²) in [5, 5.41) is 0. The van der Waals surface area contributed by atoms with Crippen molar-refractivity contribution in [1.82, 2.24) is 0 Å². The van der Waals surface area contributed by atoms with Gasteiger partial charge in [-0.1, -0.05) is 0 Å². The van der Waals surface area contributed by atoms with Gasteiger partial charge in [0.25, 0.3) is 0 Å². The summed E-state index contributed by atoms with van der Waals surface area (Å²) < 4.78 is 6.34. The molecule has 1 heterocycles. The van der Waals surface area contributed by atoms with Crippen LogP contribution in [0.15, 0.2) is 0 Å². The zero-order valence-corrected chi connectivity index (χ0v) is 12.6. The molecule has 0 N–H and O–H groups in total. The van der Waals surface area contributed by atoms with Gasteiger partial charge in [-0.05, 0) is 12.8 Å². The second kappa shape index (κ2) is 16.6. The van der Waals surface area contributed by atoms with Crippen LogP contribution >= 0.6 is 0 Å². The van der Waals surface area contributed by atoms with Gasteiger partial charge in [-0.15, -0.1) is 0 Å². The van der Waals surface area contributed by atoms with Gasteiger partial charge in [-0.2, -0.15) is 0 Å². The van der Waals surface area contributed by atoms with E-state index >= 15 is 0 Å². The van der Waals surface area contributed by atoms with Crippen LogP contribution in [-0.2, 0) is 4.74 Å². The first kappa shape index (κ1) is 17.6. The third-order valence-electron chi connectivity index (χ3n) is 2.18. The van der Waals surface area contributed by atoms with Gasteiger partial charge in [0.05, 0.1) is 0 Å². The molecule has 0 aromatic rings. The third kappa shape index (κ3) is 15.7. The monoisotopic (exact) mass is 274 g/mol. The Morgan fingerprint density at radius 1 is 1.00 bits per heavy atom. The molecule has 0 atom stereocenters. The Kier molecular flexibility index (Phi) is 20.9. The van der Waals surface area contributed by atoms with Crippen LogP contribution < -0.4 is 17.0 Å². The molecular formula is C11H23BrMgO. The topological polar surface area (TPSA) is 9.23 Å². The zero-order chi connectivity index (χ0) is 9.78. The fourth-order valence-electron chi connectivity index (χ4n) is 1.29. The quantitative estimate of drug-likeness (QED) is 0.519. The Bertz CT molecular complexity index is 73.7. The maximum absolute atomic E-state index is 4.94. The molecule has 0 amide bonds. The Morgan fingerprint density at radius 3 is 1.93 bits per heavy atom. The third-order valence-corrected chi connectivity index (χ3v) is 2.68. The van der Waals surface area contributed by atoms with E-state index in [1.165, 1.54) is 49.5 Å². The summed E-state index contributed by atoms with van der Waals surface area (Å²) in [5.41, 5.74) is 0. The number of hydrogen-bond acceptors (Lipinski definition) is 1. The van der Waals surface area contributed by atoms with E-state index in [-0.39, 0.29) is 17.0 Å². The van der Waals surface area contributed by atoms with Crippen LogP contribution in [0.4, 0.5) is 0 Å². The van der Waals surface area contributed by atoms with Gasteiger partial charge in [0.15, 0.2) is 0 Å². The standard InChI is InChI=1S/C7H15.C4H8O.BrH.Mg/c1-3-5-7-6-4-2;1-2-4-5-3-1;;/h1,3-7H2,2H3;1-4H2;1H;/q;;;+1/p-1. The van der Waals surface area contributed by atoms with Gasteiger partial charge in [0.1, 0.15) is 0 Å². The number of hydrogen-bond donors (Lipinski definition) is 0. The van der Waals surface area contributed by atoms with Crippen molar-refractivity contribution < 1.29 is 21.7 Å². The summed E-state index contributed by atoms with van der Waals surface area (Å²) >= 11 is 2.09. The minimum atomic E-state index is 0. The first-order chi connectivity index (χ1) is 6.41. The van der Waals surface area contributed by atoms with E-state index in [2.05, 4.69) is 28.6 Å². The second-order valence-electron chi connectivity index (χ2n) is 3.59. The summed E-state index contributed by atoms with van der Waals surface area (Å²) in [6, 6.07) is 0. The maximum Gasteiger partial charge on any atom is -1.00 e. The first-order valence-electron chi connectivity index (χ1n) is 5.78. The van der Waals surface area contributed by atoms with Crippen molar-refractivity contribution >= 4 is 21.7 Å². The van der Waals surface area contributed by atoms with E-state index < -0.39 is 0 Å². The number of halogens is 1.